The molecule has 27 heavy (non-hydrogen) atoms. The van der Waals surface area contributed by atoms with Crippen molar-refractivity contribution in [1.82, 2.24) is 0 Å². The lowest BCUT2D eigenvalue weighted by atomic mass is 9.69. The third-order valence-electron chi connectivity index (χ3n) is 5.75. The highest BCUT2D eigenvalue weighted by Crippen LogP contribution is 2.51. The Hall–Kier alpha value is -2.87. The van der Waals surface area contributed by atoms with Crippen molar-refractivity contribution in [2.75, 3.05) is 0 Å². The Morgan fingerprint density at radius 1 is 0.889 bits per heavy atom. The van der Waals surface area contributed by atoms with Gasteiger partial charge in [-0.3, -0.25) is 4.79 Å². The highest BCUT2D eigenvalue weighted by atomic mass is 16.5. The van der Waals surface area contributed by atoms with Gasteiger partial charge in [0.05, 0.1) is 0 Å². The molecule has 0 fully saturated rings. The molecule has 0 aromatic heterocycles. The van der Waals surface area contributed by atoms with E-state index in [1.165, 1.54) is 5.39 Å². The first-order valence-electron chi connectivity index (χ1n) is 9.54. The number of carbonyl (C=O) groups is 1. The molecule has 0 radical (unpaired) electrons. The minimum Gasteiger partial charge on any atom is -0.461 e. The summed E-state index contributed by atoms with van der Waals surface area (Å²) in [6.07, 6.45) is 1.36. The lowest BCUT2D eigenvalue weighted by Crippen LogP contribution is -2.33. The van der Waals surface area contributed by atoms with Gasteiger partial charge in [-0.1, -0.05) is 74.5 Å². The smallest absolute Gasteiger partial charge is 0.163 e. The molecule has 0 bridgehead atoms. The number of allylic oxidation sites excluding steroid dienone is 2. The van der Waals surface area contributed by atoms with Gasteiger partial charge in [-0.15, -0.1) is 0 Å². The minimum atomic E-state index is -0.0698. The number of carbonyl (C=O) groups excluding carboxylic acids is 1. The zero-order valence-electron chi connectivity index (χ0n) is 15.7. The summed E-state index contributed by atoms with van der Waals surface area (Å²) in [4.78, 5) is 13.2. The molecule has 2 nitrogen and oxygen atoms in total. The van der Waals surface area contributed by atoms with Crippen molar-refractivity contribution in [2.45, 2.75) is 32.6 Å². The second kappa shape index (κ2) is 5.82. The van der Waals surface area contributed by atoms with Gasteiger partial charge in [0.1, 0.15) is 11.5 Å². The molecule has 3 aromatic carbocycles. The summed E-state index contributed by atoms with van der Waals surface area (Å²) in [6.45, 7) is 4.29. The summed E-state index contributed by atoms with van der Waals surface area (Å²) in [6, 6.07) is 22.9. The van der Waals surface area contributed by atoms with E-state index in [9.17, 15) is 4.79 Å². The molecule has 3 aromatic rings. The van der Waals surface area contributed by atoms with Crippen LogP contribution in [0.2, 0.25) is 0 Å². The van der Waals surface area contributed by atoms with Crippen LogP contribution in [0.3, 0.4) is 0 Å². The fourth-order valence-corrected chi connectivity index (χ4v) is 4.61. The Morgan fingerprint density at radius 2 is 1.63 bits per heavy atom. The van der Waals surface area contributed by atoms with Crippen LogP contribution in [0.15, 0.2) is 78.1 Å². The molecule has 0 saturated carbocycles. The maximum atomic E-state index is 13.2. The van der Waals surface area contributed by atoms with E-state index in [-0.39, 0.29) is 17.1 Å². The maximum Gasteiger partial charge on any atom is 0.163 e. The standard InChI is InChI=1S/C25H22O2/c1-25(2)14-19(26)24-21(15-25)27-20-13-12-16-8-6-7-11-18(16)23(20)22(24)17-9-4-3-5-10-17/h3-13,22H,14-15H2,1-2H3/t22-/m1/s1. The van der Waals surface area contributed by atoms with Gasteiger partial charge < -0.3 is 4.74 Å². The molecular weight excluding hydrogens is 332 g/mol. The fourth-order valence-electron chi connectivity index (χ4n) is 4.61. The Balaban J connectivity index is 1.82. The average molecular weight is 354 g/mol. The Labute approximate surface area is 159 Å². The van der Waals surface area contributed by atoms with E-state index in [0.29, 0.717) is 6.42 Å². The number of ether oxygens (including phenoxy) is 1. The van der Waals surface area contributed by atoms with Gasteiger partial charge in [-0.25, -0.2) is 0 Å². The first-order valence-corrected chi connectivity index (χ1v) is 9.54. The molecule has 1 heterocycles. The topological polar surface area (TPSA) is 26.3 Å². The van der Waals surface area contributed by atoms with Crippen molar-refractivity contribution in [1.29, 1.82) is 0 Å². The molecular formula is C25H22O2. The lowest BCUT2D eigenvalue weighted by molar-refractivity contribution is -0.118. The van der Waals surface area contributed by atoms with E-state index in [1.54, 1.807) is 0 Å². The van der Waals surface area contributed by atoms with Crippen LogP contribution in [0, 0.1) is 5.41 Å². The van der Waals surface area contributed by atoms with E-state index in [0.717, 1.165) is 40.0 Å². The molecule has 0 unspecified atom stereocenters. The quantitative estimate of drug-likeness (QED) is 0.535. The van der Waals surface area contributed by atoms with Gasteiger partial charge in [0, 0.05) is 29.9 Å². The summed E-state index contributed by atoms with van der Waals surface area (Å²) >= 11 is 0. The molecule has 0 N–H and O–H groups in total. The van der Waals surface area contributed by atoms with E-state index < -0.39 is 0 Å². The van der Waals surface area contributed by atoms with Crippen LogP contribution in [0.4, 0.5) is 0 Å². The zero-order chi connectivity index (χ0) is 18.6. The number of rotatable bonds is 1. The van der Waals surface area contributed by atoms with Crippen LogP contribution in [-0.2, 0) is 4.79 Å². The van der Waals surface area contributed by atoms with Gasteiger partial charge in [-0.05, 0) is 27.8 Å². The van der Waals surface area contributed by atoms with Crippen molar-refractivity contribution < 1.29 is 9.53 Å². The van der Waals surface area contributed by atoms with Crippen molar-refractivity contribution in [2.24, 2.45) is 5.41 Å². The molecule has 1 aliphatic heterocycles. The van der Waals surface area contributed by atoms with Crippen LogP contribution in [0.5, 0.6) is 5.75 Å². The number of ketones is 1. The first-order chi connectivity index (χ1) is 13.0. The van der Waals surface area contributed by atoms with Gasteiger partial charge in [0.25, 0.3) is 0 Å². The summed E-state index contributed by atoms with van der Waals surface area (Å²) < 4.78 is 6.36. The Morgan fingerprint density at radius 3 is 2.44 bits per heavy atom. The summed E-state index contributed by atoms with van der Waals surface area (Å²) in [5.74, 6) is 1.88. The predicted octanol–water partition coefficient (Wildman–Crippen LogP) is 6.01. The molecule has 1 aliphatic carbocycles. The van der Waals surface area contributed by atoms with Gasteiger partial charge in [0.2, 0.25) is 0 Å². The van der Waals surface area contributed by atoms with Crippen LogP contribution >= 0.6 is 0 Å². The van der Waals surface area contributed by atoms with Crippen molar-refractivity contribution in [3.63, 3.8) is 0 Å². The van der Waals surface area contributed by atoms with Crippen LogP contribution in [0.1, 0.15) is 43.7 Å². The highest BCUT2D eigenvalue weighted by Gasteiger charge is 2.42. The summed E-state index contributed by atoms with van der Waals surface area (Å²) in [7, 11) is 0. The highest BCUT2D eigenvalue weighted by molar-refractivity contribution is 6.02. The largest absolute Gasteiger partial charge is 0.461 e. The van der Waals surface area contributed by atoms with E-state index >= 15 is 0 Å². The molecule has 0 saturated heterocycles. The molecule has 2 aliphatic rings. The summed E-state index contributed by atoms with van der Waals surface area (Å²) in [5, 5.41) is 2.33. The number of benzene rings is 3. The first kappa shape index (κ1) is 16.3. The molecule has 0 spiro atoms. The second-order valence-electron chi connectivity index (χ2n) is 8.42. The third-order valence-corrected chi connectivity index (χ3v) is 5.75. The number of fused-ring (bicyclic) bond motifs is 3. The Kier molecular flexibility index (Phi) is 3.51. The van der Waals surface area contributed by atoms with E-state index in [2.05, 4.69) is 62.4 Å². The normalized spacial score (nSPS) is 20.8. The molecule has 0 amide bonds. The van der Waals surface area contributed by atoms with E-state index in [1.807, 2.05) is 18.2 Å². The van der Waals surface area contributed by atoms with Crippen molar-refractivity contribution in [3.05, 3.63) is 89.2 Å². The Bertz CT molecular complexity index is 1090. The number of Topliss-reactive ketones (excluding diaryl/α,β-unsaturated/α-hetero) is 1. The monoisotopic (exact) mass is 354 g/mol. The second-order valence-corrected chi connectivity index (χ2v) is 8.42. The van der Waals surface area contributed by atoms with Gasteiger partial charge in [0.15, 0.2) is 5.78 Å². The maximum absolute atomic E-state index is 13.2. The molecule has 2 heteroatoms. The van der Waals surface area contributed by atoms with E-state index in [4.69, 9.17) is 4.74 Å². The molecule has 134 valence electrons. The number of hydrogen-bond acceptors (Lipinski definition) is 2. The van der Waals surface area contributed by atoms with Crippen LogP contribution in [-0.4, -0.2) is 5.78 Å². The third kappa shape index (κ3) is 2.59. The zero-order valence-corrected chi connectivity index (χ0v) is 15.7. The van der Waals surface area contributed by atoms with Gasteiger partial charge >= 0.3 is 0 Å². The van der Waals surface area contributed by atoms with Crippen molar-refractivity contribution >= 4 is 16.6 Å². The summed E-state index contributed by atoms with van der Waals surface area (Å²) in [5.41, 5.74) is 3.06. The van der Waals surface area contributed by atoms with Crippen LogP contribution in [0.25, 0.3) is 10.8 Å². The van der Waals surface area contributed by atoms with Gasteiger partial charge in [-0.2, -0.15) is 0 Å². The molecule has 1 atom stereocenters. The minimum absolute atomic E-state index is 0.0640. The predicted molar refractivity (Wildman–Crippen MR) is 108 cm³/mol. The number of hydrogen-bond donors (Lipinski definition) is 0. The van der Waals surface area contributed by atoms with Crippen molar-refractivity contribution in [3.8, 4) is 5.75 Å². The fraction of sp³-hybridized carbons (Fsp3) is 0.240. The SMILES string of the molecule is CC1(C)CC(=O)C2=C(C1)Oc1ccc3ccccc3c1[C@H]2c1ccccc1. The lowest BCUT2D eigenvalue weighted by Gasteiger charge is -2.38. The van der Waals surface area contributed by atoms with Crippen LogP contribution < -0.4 is 4.74 Å². The molecule has 5 rings (SSSR count). The average Bonchev–Trinajstić information content (AvgIpc) is 2.66.